The monoisotopic (exact) mass is 284 g/mol. The first-order valence-corrected chi connectivity index (χ1v) is 7.22. The van der Waals surface area contributed by atoms with E-state index >= 15 is 0 Å². The van der Waals surface area contributed by atoms with Crippen molar-refractivity contribution in [2.75, 3.05) is 6.54 Å². The fraction of sp³-hybridized carbons (Fsp3) is 0.500. The molecule has 2 aromatic heterocycles. The van der Waals surface area contributed by atoms with Gasteiger partial charge in [0.2, 0.25) is 0 Å². The van der Waals surface area contributed by atoms with Crippen molar-refractivity contribution in [1.29, 1.82) is 0 Å². The lowest BCUT2D eigenvalue weighted by molar-refractivity contribution is 0.531. The number of nitrogens with zero attached hydrogens (tertiary/aromatic N) is 3. The Hall–Kier alpha value is -0.910. The maximum Gasteiger partial charge on any atom is 0.0931 e. The highest BCUT2D eigenvalue weighted by Gasteiger charge is 2.15. The first-order valence-electron chi connectivity index (χ1n) is 6.03. The summed E-state index contributed by atoms with van der Waals surface area (Å²) in [6.45, 7) is 3.15. The Kier molecular flexibility index (Phi) is 4.74. The predicted molar refractivity (Wildman–Crippen MR) is 75.1 cm³/mol. The number of thiophene rings is 1. The molecule has 0 saturated carbocycles. The van der Waals surface area contributed by atoms with E-state index in [0.717, 1.165) is 29.4 Å². The quantitative estimate of drug-likeness (QED) is 0.887. The van der Waals surface area contributed by atoms with Crippen LogP contribution < -0.4 is 5.32 Å². The lowest BCUT2D eigenvalue weighted by atomic mass is 10.1. The van der Waals surface area contributed by atoms with Crippen molar-refractivity contribution in [3.05, 3.63) is 33.2 Å². The van der Waals surface area contributed by atoms with Crippen LogP contribution in [0.25, 0.3) is 0 Å². The zero-order valence-electron chi connectivity index (χ0n) is 10.6. The van der Waals surface area contributed by atoms with E-state index < -0.39 is 0 Å². The molecule has 0 aromatic carbocycles. The van der Waals surface area contributed by atoms with Gasteiger partial charge in [0.25, 0.3) is 0 Å². The minimum atomic E-state index is 0.263. The summed E-state index contributed by atoms with van der Waals surface area (Å²) in [5.41, 5.74) is 0.996. The van der Waals surface area contributed by atoms with Crippen LogP contribution in [0.1, 0.15) is 30.0 Å². The minimum absolute atomic E-state index is 0.263. The van der Waals surface area contributed by atoms with E-state index in [9.17, 15) is 0 Å². The van der Waals surface area contributed by atoms with Crippen LogP contribution in [-0.4, -0.2) is 21.5 Å². The Balaban J connectivity index is 2.09. The fourth-order valence-corrected chi connectivity index (χ4v) is 2.94. The molecule has 1 N–H and O–H groups in total. The number of rotatable bonds is 6. The van der Waals surface area contributed by atoms with E-state index in [1.54, 1.807) is 16.0 Å². The molecule has 2 aromatic rings. The van der Waals surface area contributed by atoms with Gasteiger partial charge in [-0.2, -0.15) is 0 Å². The minimum Gasteiger partial charge on any atom is -0.309 e. The van der Waals surface area contributed by atoms with Crippen LogP contribution in [0.15, 0.2) is 18.3 Å². The van der Waals surface area contributed by atoms with E-state index in [-0.39, 0.29) is 6.04 Å². The molecule has 0 aliphatic heterocycles. The number of nitrogens with one attached hydrogen (secondary N) is 1. The number of aromatic nitrogens is 3. The zero-order chi connectivity index (χ0) is 13.0. The Bertz CT molecular complexity index is 494. The fourth-order valence-electron chi connectivity index (χ4n) is 1.81. The van der Waals surface area contributed by atoms with Crippen LogP contribution in [0.4, 0.5) is 0 Å². The lowest BCUT2D eigenvalue weighted by Gasteiger charge is -2.15. The summed E-state index contributed by atoms with van der Waals surface area (Å²) in [6.07, 6.45) is 3.90. The summed E-state index contributed by atoms with van der Waals surface area (Å²) in [6, 6.07) is 4.29. The van der Waals surface area contributed by atoms with Gasteiger partial charge < -0.3 is 5.32 Å². The SMILES string of the molecule is CCCNC(Cc1cn(C)nn1)c1ccc(Cl)s1. The molecule has 0 amide bonds. The largest absolute Gasteiger partial charge is 0.309 e. The first-order chi connectivity index (χ1) is 8.69. The molecule has 98 valence electrons. The topological polar surface area (TPSA) is 42.7 Å². The van der Waals surface area contributed by atoms with Crippen molar-refractivity contribution in [1.82, 2.24) is 20.3 Å². The molecule has 4 nitrogen and oxygen atoms in total. The first kappa shape index (κ1) is 13.5. The maximum absolute atomic E-state index is 6.00. The molecular weight excluding hydrogens is 268 g/mol. The standard InChI is InChI=1S/C12H17ClN4S/c1-3-6-14-10(11-4-5-12(13)18-11)7-9-8-17(2)16-15-9/h4-5,8,10,14H,3,6-7H2,1-2H3. The van der Waals surface area contributed by atoms with E-state index in [1.165, 1.54) is 4.88 Å². The van der Waals surface area contributed by atoms with Crippen molar-refractivity contribution in [2.24, 2.45) is 7.05 Å². The molecule has 18 heavy (non-hydrogen) atoms. The van der Waals surface area contributed by atoms with Gasteiger partial charge in [0.05, 0.1) is 10.0 Å². The van der Waals surface area contributed by atoms with Crippen LogP contribution in [0.2, 0.25) is 4.34 Å². The van der Waals surface area contributed by atoms with Crippen molar-refractivity contribution in [3.63, 3.8) is 0 Å². The summed E-state index contributed by atoms with van der Waals surface area (Å²) in [5, 5.41) is 11.6. The van der Waals surface area contributed by atoms with E-state index in [4.69, 9.17) is 11.6 Å². The van der Waals surface area contributed by atoms with Crippen molar-refractivity contribution < 1.29 is 0 Å². The predicted octanol–water partition coefficient (Wildman–Crippen LogP) is 2.81. The summed E-state index contributed by atoms with van der Waals surface area (Å²) in [4.78, 5) is 1.25. The van der Waals surface area contributed by atoms with Gasteiger partial charge in [-0.25, -0.2) is 0 Å². The number of halogens is 1. The third kappa shape index (κ3) is 3.54. The molecule has 0 radical (unpaired) electrons. The molecule has 0 saturated heterocycles. The van der Waals surface area contributed by atoms with Gasteiger partial charge in [-0.3, -0.25) is 4.68 Å². The smallest absolute Gasteiger partial charge is 0.0931 e. The Labute approximate surface area is 116 Å². The van der Waals surface area contributed by atoms with Crippen LogP contribution in [0.5, 0.6) is 0 Å². The van der Waals surface area contributed by atoms with Crippen LogP contribution in [-0.2, 0) is 13.5 Å². The van der Waals surface area contributed by atoms with Crippen molar-refractivity contribution in [3.8, 4) is 0 Å². The Morgan fingerprint density at radius 1 is 1.50 bits per heavy atom. The van der Waals surface area contributed by atoms with Gasteiger partial charge in [-0.15, -0.1) is 16.4 Å². The molecule has 0 fully saturated rings. The van der Waals surface area contributed by atoms with E-state index in [1.807, 2.05) is 19.3 Å². The summed E-state index contributed by atoms with van der Waals surface area (Å²) in [5.74, 6) is 0. The summed E-state index contributed by atoms with van der Waals surface area (Å²) in [7, 11) is 1.88. The average molecular weight is 285 g/mol. The van der Waals surface area contributed by atoms with Gasteiger partial charge in [0, 0.05) is 30.6 Å². The molecule has 0 spiro atoms. The molecule has 0 aliphatic carbocycles. The van der Waals surface area contributed by atoms with Crippen molar-refractivity contribution in [2.45, 2.75) is 25.8 Å². The number of hydrogen-bond donors (Lipinski definition) is 1. The van der Waals surface area contributed by atoms with Gasteiger partial charge in [0.15, 0.2) is 0 Å². The normalized spacial score (nSPS) is 12.8. The molecule has 2 heterocycles. The lowest BCUT2D eigenvalue weighted by Crippen LogP contribution is -2.23. The van der Waals surface area contributed by atoms with Gasteiger partial charge in [0.1, 0.15) is 0 Å². The molecule has 2 rings (SSSR count). The van der Waals surface area contributed by atoms with Gasteiger partial charge in [-0.05, 0) is 25.1 Å². The summed E-state index contributed by atoms with van der Waals surface area (Å²) < 4.78 is 2.56. The third-order valence-corrected chi connectivity index (χ3v) is 3.99. The van der Waals surface area contributed by atoms with E-state index in [2.05, 4.69) is 28.6 Å². The Morgan fingerprint density at radius 3 is 2.89 bits per heavy atom. The zero-order valence-corrected chi connectivity index (χ0v) is 12.1. The Morgan fingerprint density at radius 2 is 2.33 bits per heavy atom. The average Bonchev–Trinajstić information content (AvgIpc) is 2.93. The summed E-state index contributed by atoms with van der Waals surface area (Å²) >= 11 is 7.62. The second-order valence-electron chi connectivity index (χ2n) is 4.24. The number of aryl methyl sites for hydroxylation is 1. The third-order valence-electron chi connectivity index (χ3n) is 2.64. The molecule has 0 aliphatic rings. The highest BCUT2D eigenvalue weighted by molar-refractivity contribution is 7.16. The van der Waals surface area contributed by atoms with Crippen LogP contribution >= 0.6 is 22.9 Å². The maximum atomic E-state index is 6.00. The van der Waals surface area contributed by atoms with Crippen molar-refractivity contribution >= 4 is 22.9 Å². The highest BCUT2D eigenvalue weighted by atomic mass is 35.5. The molecule has 1 atom stereocenters. The number of hydrogen-bond acceptors (Lipinski definition) is 4. The van der Waals surface area contributed by atoms with Gasteiger partial charge in [-0.1, -0.05) is 23.7 Å². The molecule has 6 heteroatoms. The second-order valence-corrected chi connectivity index (χ2v) is 5.98. The highest BCUT2D eigenvalue weighted by Crippen LogP contribution is 2.28. The molecular formula is C12H17ClN4S. The molecule has 1 unspecified atom stereocenters. The van der Waals surface area contributed by atoms with Gasteiger partial charge >= 0.3 is 0 Å². The molecule has 0 bridgehead atoms. The van der Waals surface area contributed by atoms with E-state index in [0.29, 0.717) is 0 Å². The van der Waals surface area contributed by atoms with Crippen LogP contribution in [0.3, 0.4) is 0 Å². The van der Waals surface area contributed by atoms with Crippen LogP contribution in [0, 0.1) is 0 Å². The second kappa shape index (κ2) is 6.31.